The maximum atomic E-state index is 11.3. The second-order valence-electron chi connectivity index (χ2n) is 3.95. The van der Waals surface area contributed by atoms with E-state index in [4.69, 9.17) is 4.55 Å². The molecule has 0 bridgehead atoms. The Morgan fingerprint density at radius 3 is 2.22 bits per heavy atom. The normalized spacial score (nSPS) is 11.5. The van der Waals surface area contributed by atoms with Crippen molar-refractivity contribution in [2.24, 2.45) is 0 Å². The quantitative estimate of drug-likeness (QED) is 0.656. The molecule has 0 amide bonds. The fourth-order valence-corrected chi connectivity index (χ4v) is 3.16. The van der Waals surface area contributed by atoms with Crippen LogP contribution in [0.25, 0.3) is 11.1 Å². The van der Waals surface area contributed by atoms with Gasteiger partial charge in [0.2, 0.25) is 0 Å². The van der Waals surface area contributed by atoms with Gasteiger partial charge in [-0.15, -0.1) is 12.6 Å². The summed E-state index contributed by atoms with van der Waals surface area (Å²) in [6, 6.07) is 12.4. The zero-order valence-electron chi connectivity index (χ0n) is 9.66. The summed E-state index contributed by atoms with van der Waals surface area (Å²) in [7, 11) is -4.26. The molecule has 0 heterocycles. The summed E-state index contributed by atoms with van der Waals surface area (Å²) in [4.78, 5) is 0.0963. The molecule has 5 heteroatoms. The van der Waals surface area contributed by atoms with Gasteiger partial charge in [0.1, 0.15) is 4.90 Å². The molecule has 0 unspecified atom stereocenters. The largest absolute Gasteiger partial charge is 0.295 e. The third-order valence-electron chi connectivity index (χ3n) is 2.69. The van der Waals surface area contributed by atoms with Crippen molar-refractivity contribution in [1.82, 2.24) is 0 Å². The molecule has 0 fully saturated rings. The molecule has 3 nitrogen and oxygen atoms in total. The fourth-order valence-electron chi connectivity index (χ4n) is 1.85. The SMILES string of the molecule is Cc1ccc(S(=O)(=O)O)c(S)c1-c1ccccc1. The first-order valence-corrected chi connectivity index (χ1v) is 7.15. The van der Waals surface area contributed by atoms with Crippen LogP contribution in [-0.4, -0.2) is 13.0 Å². The smallest absolute Gasteiger partial charge is 0.282 e. The lowest BCUT2D eigenvalue weighted by molar-refractivity contribution is 0.481. The van der Waals surface area contributed by atoms with Gasteiger partial charge in [0, 0.05) is 4.90 Å². The molecule has 94 valence electrons. The Morgan fingerprint density at radius 1 is 1.06 bits per heavy atom. The summed E-state index contributed by atoms with van der Waals surface area (Å²) in [6.07, 6.45) is 0. The van der Waals surface area contributed by atoms with Crippen molar-refractivity contribution in [2.45, 2.75) is 16.7 Å². The van der Waals surface area contributed by atoms with Gasteiger partial charge in [0.25, 0.3) is 10.1 Å². The Balaban J connectivity index is 2.76. The summed E-state index contributed by atoms with van der Waals surface area (Å²) in [5.74, 6) is 0. The molecular weight excluding hydrogens is 268 g/mol. The Labute approximate surface area is 112 Å². The van der Waals surface area contributed by atoms with Crippen LogP contribution in [-0.2, 0) is 10.1 Å². The van der Waals surface area contributed by atoms with Crippen molar-refractivity contribution >= 4 is 22.7 Å². The highest BCUT2D eigenvalue weighted by atomic mass is 32.2. The predicted molar refractivity (Wildman–Crippen MR) is 73.7 cm³/mol. The Hall–Kier alpha value is -1.30. The number of aryl methyl sites for hydroxylation is 1. The first kappa shape index (κ1) is 13.1. The summed E-state index contributed by atoms with van der Waals surface area (Å²) in [5.41, 5.74) is 2.48. The minimum atomic E-state index is -4.26. The van der Waals surface area contributed by atoms with Crippen LogP contribution in [0, 0.1) is 6.92 Å². The summed E-state index contributed by atoms with van der Waals surface area (Å²) in [5, 5.41) is 0. The molecule has 0 aromatic heterocycles. The standard InChI is InChI=1S/C13H12O3S2/c1-9-7-8-11(18(14,15)16)13(17)12(9)10-5-3-2-4-6-10/h2-8,17H,1H3,(H,14,15,16). The molecule has 0 saturated carbocycles. The molecule has 0 spiro atoms. The molecule has 0 aliphatic rings. The van der Waals surface area contributed by atoms with E-state index in [9.17, 15) is 8.42 Å². The molecule has 0 atom stereocenters. The van der Waals surface area contributed by atoms with Gasteiger partial charge in [0.05, 0.1) is 0 Å². The monoisotopic (exact) mass is 280 g/mol. The van der Waals surface area contributed by atoms with E-state index in [0.717, 1.165) is 11.1 Å². The molecule has 0 aliphatic heterocycles. The molecule has 0 radical (unpaired) electrons. The second-order valence-corrected chi connectivity index (χ2v) is 5.78. The Kier molecular flexibility index (Phi) is 3.47. The second kappa shape index (κ2) is 4.76. The predicted octanol–water partition coefficient (Wildman–Crippen LogP) is 3.20. The van der Waals surface area contributed by atoms with E-state index in [1.165, 1.54) is 6.07 Å². The van der Waals surface area contributed by atoms with Crippen LogP contribution in [0.1, 0.15) is 5.56 Å². The van der Waals surface area contributed by atoms with Crippen LogP contribution < -0.4 is 0 Å². The molecule has 18 heavy (non-hydrogen) atoms. The van der Waals surface area contributed by atoms with Crippen LogP contribution in [0.4, 0.5) is 0 Å². The van der Waals surface area contributed by atoms with Gasteiger partial charge in [-0.2, -0.15) is 8.42 Å². The van der Waals surface area contributed by atoms with Crippen LogP contribution in [0.3, 0.4) is 0 Å². The average Bonchev–Trinajstić information content (AvgIpc) is 2.28. The van der Waals surface area contributed by atoms with Crippen LogP contribution in [0.5, 0.6) is 0 Å². The van der Waals surface area contributed by atoms with E-state index >= 15 is 0 Å². The highest BCUT2D eigenvalue weighted by molar-refractivity contribution is 7.87. The third-order valence-corrected chi connectivity index (χ3v) is 4.20. The van der Waals surface area contributed by atoms with Gasteiger partial charge < -0.3 is 0 Å². The van der Waals surface area contributed by atoms with Crippen molar-refractivity contribution in [2.75, 3.05) is 0 Å². The van der Waals surface area contributed by atoms with Crippen molar-refractivity contribution in [1.29, 1.82) is 0 Å². The first-order chi connectivity index (χ1) is 8.41. The van der Waals surface area contributed by atoms with Crippen molar-refractivity contribution < 1.29 is 13.0 Å². The molecule has 0 aliphatic carbocycles. The van der Waals surface area contributed by atoms with E-state index < -0.39 is 10.1 Å². The first-order valence-electron chi connectivity index (χ1n) is 5.27. The average molecular weight is 280 g/mol. The van der Waals surface area contributed by atoms with E-state index in [0.29, 0.717) is 5.56 Å². The maximum absolute atomic E-state index is 11.3. The van der Waals surface area contributed by atoms with E-state index in [2.05, 4.69) is 12.6 Å². The Morgan fingerprint density at radius 2 is 1.67 bits per heavy atom. The molecule has 2 aromatic rings. The van der Waals surface area contributed by atoms with E-state index in [-0.39, 0.29) is 9.79 Å². The molecule has 2 rings (SSSR count). The highest BCUT2D eigenvalue weighted by Crippen LogP contribution is 2.34. The van der Waals surface area contributed by atoms with Gasteiger partial charge in [-0.1, -0.05) is 36.4 Å². The lowest BCUT2D eigenvalue weighted by atomic mass is 10.0. The topological polar surface area (TPSA) is 54.4 Å². The fraction of sp³-hybridized carbons (Fsp3) is 0.0769. The zero-order chi connectivity index (χ0) is 13.3. The number of thiol groups is 1. The van der Waals surface area contributed by atoms with Gasteiger partial charge in [-0.25, -0.2) is 0 Å². The highest BCUT2D eigenvalue weighted by Gasteiger charge is 2.18. The molecule has 0 saturated heterocycles. The molecule has 2 aromatic carbocycles. The van der Waals surface area contributed by atoms with Crippen LogP contribution in [0.15, 0.2) is 52.3 Å². The van der Waals surface area contributed by atoms with E-state index in [1.54, 1.807) is 6.07 Å². The summed E-state index contributed by atoms with van der Waals surface area (Å²) >= 11 is 4.25. The maximum Gasteiger partial charge on any atom is 0.295 e. The number of hydrogen-bond donors (Lipinski definition) is 2. The Bertz CT molecular complexity index is 677. The molecular formula is C13H12O3S2. The lowest BCUT2D eigenvalue weighted by Crippen LogP contribution is -2.01. The van der Waals surface area contributed by atoms with Gasteiger partial charge in [0.15, 0.2) is 0 Å². The van der Waals surface area contributed by atoms with Gasteiger partial charge in [-0.05, 0) is 29.7 Å². The third kappa shape index (κ3) is 2.43. The minimum Gasteiger partial charge on any atom is -0.282 e. The van der Waals surface area contributed by atoms with Crippen molar-refractivity contribution in [3.05, 3.63) is 48.0 Å². The van der Waals surface area contributed by atoms with Gasteiger partial charge >= 0.3 is 0 Å². The van der Waals surface area contributed by atoms with Crippen molar-refractivity contribution in [3.63, 3.8) is 0 Å². The minimum absolute atomic E-state index is 0.171. The van der Waals surface area contributed by atoms with Crippen molar-refractivity contribution in [3.8, 4) is 11.1 Å². The number of hydrogen-bond acceptors (Lipinski definition) is 3. The zero-order valence-corrected chi connectivity index (χ0v) is 11.4. The summed E-state index contributed by atoms with van der Waals surface area (Å²) < 4.78 is 31.7. The molecule has 1 N–H and O–H groups in total. The summed E-state index contributed by atoms with van der Waals surface area (Å²) in [6.45, 7) is 1.87. The lowest BCUT2D eigenvalue weighted by Gasteiger charge is -2.12. The number of benzene rings is 2. The van der Waals surface area contributed by atoms with E-state index in [1.807, 2.05) is 37.3 Å². The van der Waals surface area contributed by atoms with Gasteiger partial charge in [-0.3, -0.25) is 4.55 Å². The van der Waals surface area contributed by atoms with Crippen LogP contribution in [0.2, 0.25) is 0 Å². The van der Waals surface area contributed by atoms with Crippen LogP contribution >= 0.6 is 12.6 Å². The number of rotatable bonds is 2.